The van der Waals surface area contributed by atoms with E-state index >= 15 is 0 Å². The van der Waals surface area contributed by atoms with Gasteiger partial charge in [-0.2, -0.15) is 0 Å². The first-order valence-corrected chi connectivity index (χ1v) is 8.73. The van der Waals surface area contributed by atoms with Gasteiger partial charge in [-0.25, -0.2) is 10.3 Å². The van der Waals surface area contributed by atoms with Crippen molar-refractivity contribution in [2.24, 2.45) is 0 Å². The Morgan fingerprint density at radius 1 is 1.07 bits per heavy atom. The second kappa shape index (κ2) is 9.00. The van der Waals surface area contributed by atoms with Crippen LogP contribution in [0.5, 0.6) is 0 Å². The maximum absolute atomic E-state index is 12.2. The number of carbonyl (C=O) groups excluding carboxylic acids is 2. The third-order valence-corrected chi connectivity index (χ3v) is 4.34. The van der Waals surface area contributed by atoms with E-state index in [2.05, 4.69) is 5.48 Å². The van der Waals surface area contributed by atoms with Crippen LogP contribution in [0.2, 0.25) is 0 Å². The summed E-state index contributed by atoms with van der Waals surface area (Å²) in [6.45, 7) is 0.407. The fourth-order valence-electron chi connectivity index (χ4n) is 3.08. The van der Waals surface area contributed by atoms with Gasteiger partial charge in [0.1, 0.15) is 6.10 Å². The minimum Gasteiger partial charge on any atom is -0.453 e. The van der Waals surface area contributed by atoms with E-state index in [1.165, 1.54) is 7.11 Å². The molecular weight excluding hydrogens is 344 g/mol. The Labute approximate surface area is 158 Å². The second-order valence-corrected chi connectivity index (χ2v) is 6.18. The van der Waals surface area contributed by atoms with Crippen LogP contribution in [0.3, 0.4) is 0 Å². The average molecular weight is 366 g/mol. The van der Waals surface area contributed by atoms with Crippen molar-refractivity contribution in [1.29, 1.82) is 0 Å². The van der Waals surface area contributed by atoms with E-state index in [0.29, 0.717) is 6.54 Å². The second-order valence-electron chi connectivity index (χ2n) is 6.18. The number of hydrogen-bond donors (Lipinski definition) is 1. The zero-order chi connectivity index (χ0) is 19.1. The predicted octanol–water partition coefficient (Wildman–Crippen LogP) is 3.03. The van der Waals surface area contributed by atoms with Gasteiger partial charge >= 0.3 is 6.09 Å². The monoisotopic (exact) mass is 366 g/mol. The van der Waals surface area contributed by atoms with Crippen LogP contribution in [-0.4, -0.2) is 36.7 Å². The van der Waals surface area contributed by atoms with Gasteiger partial charge in [-0.3, -0.25) is 14.5 Å². The zero-order valence-corrected chi connectivity index (χ0v) is 15.1. The number of amides is 2. The van der Waals surface area contributed by atoms with Crippen LogP contribution in [-0.2, 0) is 20.8 Å². The lowest BCUT2D eigenvalue weighted by molar-refractivity contribution is -0.138. The van der Waals surface area contributed by atoms with Crippen molar-refractivity contribution < 1.29 is 19.2 Å². The predicted molar refractivity (Wildman–Crippen MR) is 101 cm³/mol. The first-order valence-electron chi connectivity index (χ1n) is 8.73. The molecule has 1 N–H and O–H groups in total. The number of hydrogen-bond acceptors (Lipinski definition) is 4. The lowest BCUT2D eigenvalue weighted by Gasteiger charge is -2.36. The lowest BCUT2D eigenvalue weighted by Crippen LogP contribution is -2.46. The van der Waals surface area contributed by atoms with Crippen molar-refractivity contribution in [2.45, 2.75) is 18.6 Å². The van der Waals surface area contributed by atoms with Crippen LogP contribution in [0.15, 0.2) is 72.8 Å². The summed E-state index contributed by atoms with van der Waals surface area (Å²) in [5.41, 5.74) is 4.30. The van der Waals surface area contributed by atoms with Gasteiger partial charge in [0.2, 0.25) is 5.91 Å². The Hall–Kier alpha value is -3.12. The normalized spacial score (nSPS) is 18.8. The molecular formula is C21H22N2O4. The molecule has 1 aliphatic heterocycles. The summed E-state index contributed by atoms with van der Waals surface area (Å²) in [6.07, 6.45) is 2.91. The van der Waals surface area contributed by atoms with Crippen molar-refractivity contribution in [3.63, 3.8) is 0 Å². The number of ether oxygens (including phenoxy) is 1. The van der Waals surface area contributed by atoms with Crippen molar-refractivity contribution >= 4 is 12.0 Å². The highest BCUT2D eigenvalue weighted by molar-refractivity contribution is 5.77. The van der Waals surface area contributed by atoms with Gasteiger partial charge in [0.15, 0.2) is 0 Å². The summed E-state index contributed by atoms with van der Waals surface area (Å²) in [4.78, 5) is 31.7. The highest BCUT2D eigenvalue weighted by Gasteiger charge is 2.35. The molecule has 0 fully saturated rings. The Balaban J connectivity index is 1.71. The maximum atomic E-state index is 12.2. The third-order valence-electron chi connectivity index (χ3n) is 4.34. The number of carbonyl (C=O) groups is 2. The summed E-state index contributed by atoms with van der Waals surface area (Å²) in [6, 6.07) is 18.6. The highest BCUT2D eigenvalue weighted by atomic mass is 16.7. The fraction of sp³-hybridized carbons (Fsp3) is 0.238. The summed E-state index contributed by atoms with van der Waals surface area (Å²) in [5, 5.41) is 0. The molecule has 1 aliphatic rings. The van der Waals surface area contributed by atoms with E-state index in [-0.39, 0.29) is 12.3 Å². The Kier molecular flexibility index (Phi) is 6.22. The highest BCUT2D eigenvalue weighted by Crippen LogP contribution is 2.30. The minimum absolute atomic E-state index is 0.216. The topological polar surface area (TPSA) is 67.9 Å². The number of nitrogens with one attached hydrogen (secondary N) is 1. The molecule has 3 rings (SSSR count). The maximum Gasteiger partial charge on any atom is 0.410 e. The minimum atomic E-state index is -0.528. The molecule has 0 saturated heterocycles. The summed E-state index contributed by atoms with van der Waals surface area (Å²) in [5.74, 6) is -0.253. The lowest BCUT2D eigenvalue weighted by atomic mass is 9.97. The molecule has 2 atom stereocenters. The summed E-state index contributed by atoms with van der Waals surface area (Å²) < 4.78 is 4.90. The van der Waals surface area contributed by atoms with Crippen LogP contribution in [0.1, 0.15) is 17.2 Å². The molecule has 0 aromatic heterocycles. The molecule has 0 spiro atoms. The molecule has 6 nitrogen and oxygen atoms in total. The van der Waals surface area contributed by atoms with E-state index in [1.807, 2.05) is 72.8 Å². The molecule has 0 radical (unpaired) electrons. The van der Waals surface area contributed by atoms with Gasteiger partial charge in [-0.1, -0.05) is 72.8 Å². The average Bonchev–Trinajstić information content (AvgIpc) is 2.72. The quantitative estimate of drug-likeness (QED) is 0.652. The van der Waals surface area contributed by atoms with Gasteiger partial charge in [0.05, 0.1) is 19.6 Å². The smallest absolute Gasteiger partial charge is 0.410 e. The molecule has 2 aromatic carbocycles. The molecule has 1 heterocycles. The van der Waals surface area contributed by atoms with E-state index in [9.17, 15) is 9.59 Å². The SMILES string of the molecule is COC(=O)N1CC=C[C@@H](ONC(=O)Cc2ccccc2)[C@@H]1c1ccccc1. The molecule has 0 saturated carbocycles. The van der Waals surface area contributed by atoms with Gasteiger partial charge in [0, 0.05) is 6.54 Å². The van der Waals surface area contributed by atoms with Crippen LogP contribution in [0.25, 0.3) is 0 Å². The zero-order valence-electron chi connectivity index (χ0n) is 15.1. The molecule has 0 aliphatic carbocycles. The Morgan fingerprint density at radius 3 is 2.41 bits per heavy atom. The van der Waals surface area contributed by atoms with Gasteiger partial charge in [-0.15, -0.1) is 0 Å². The number of nitrogens with zero attached hydrogens (tertiary/aromatic N) is 1. The molecule has 2 amide bonds. The molecule has 27 heavy (non-hydrogen) atoms. The van der Waals surface area contributed by atoms with E-state index < -0.39 is 18.2 Å². The van der Waals surface area contributed by atoms with Crippen molar-refractivity contribution in [3.05, 3.63) is 83.9 Å². The van der Waals surface area contributed by atoms with Gasteiger partial charge in [-0.05, 0) is 11.1 Å². The largest absolute Gasteiger partial charge is 0.453 e. The van der Waals surface area contributed by atoms with Crippen molar-refractivity contribution in [1.82, 2.24) is 10.4 Å². The number of rotatable bonds is 5. The standard InChI is InChI=1S/C21H22N2O4/c1-26-21(25)23-14-8-13-18(20(23)17-11-6-3-7-12-17)27-22-19(24)15-16-9-4-2-5-10-16/h2-13,18,20H,14-15H2,1H3,(H,22,24)/t18-,20+/m1/s1. The molecule has 6 heteroatoms. The molecule has 0 unspecified atom stereocenters. The van der Waals surface area contributed by atoms with Crippen molar-refractivity contribution in [3.8, 4) is 0 Å². The van der Waals surface area contributed by atoms with Crippen LogP contribution >= 0.6 is 0 Å². The van der Waals surface area contributed by atoms with E-state index in [0.717, 1.165) is 11.1 Å². The summed E-state index contributed by atoms with van der Waals surface area (Å²) >= 11 is 0. The van der Waals surface area contributed by atoms with Gasteiger partial charge in [0.25, 0.3) is 0 Å². The van der Waals surface area contributed by atoms with Crippen LogP contribution in [0.4, 0.5) is 4.79 Å². The number of hydroxylamine groups is 1. The van der Waals surface area contributed by atoms with Crippen LogP contribution < -0.4 is 5.48 Å². The Morgan fingerprint density at radius 2 is 1.74 bits per heavy atom. The molecule has 0 bridgehead atoms. The molecule has 140 valence electrons. The Bertz CT molecular complexity index is 792. The summed E-state index contributed by atoms with van der Waals surface area (Å²) in [7, 11) is 1.35. The molecule has 2 aromatic rings. The first kappa shape index (κ1) is 18.7. The van der Waals surface area contributed by atoms with E-state index in [4.69, 9.17) is 9.57 Å². The van der Waals surface area contributed by atoms with E-state index in [1.54, 1.807) is 4.90 Å². The number of benzene rings is 2. The number of methoxy groups -OCH3 is 1. The first-order chi connectivity index (χ1) is 13.2. The van der Waals surface area contributed by atoms with Gasteiger partial charge < -0.3 is 4.74 Å². The van der Waals surface area contributed by atoms with Crippen molar-refractivity contribution in [2.75, 3.05) is 13.7 Å². The van der Waals surface area contributed by atoms with Crippen LogP contribution in [0, 0.1) is 0 Å². The fourth-order valence-corrected chi connectivity index (χ4v) is 3.08. The third kappa shape index (κ3) is 4.74.